The SMILES string of the molecule is COc1ccc(C=CC(=O)OCC(=O)Nc2ccccc2Cl)cc1OC. The van der Waals surface area contributed by atoms with Crippen LogP contribution in [0.25, 0.3) is 6.08 Å². The second kappa shape index (κ2) is 9.48. The molecule has 0 atom stereocenters. The van der Waals surface area contributed by atoms with Gasteiger partial charge in [-0.15, -0.1) is 0 Å². The largest absolute Gasteiger partial charge is 0.493 e. The third-order valence-electron chi connectivity index (χ3n) is 3.31. The molecule has 0 heterocycles. The van der Waals surface area contributed by atoms with E-state index in [2.05, 4.69) is 5.32 Å². The highest BCUT2D eigenvalue weighted by atomic mass is 35.5. The lowest BCUT2D eigenvalue weighted by Crippen LogP contribution is -2.20. The lowest BCUT2D eigenvalue weighted by atomic mass is 10.2. The van der Waals surface area contributed by atoms with E-state index < -0.39 is 18.5 Å². The van der Waals surface area contributed by atoms with Gasteiger partial charge in [-0.2, -0.15) is 0 Å². The summed E-state index contributed by atoms with van der Waals surface area (Å²) in [4.78, 5) is 23.5. The summed E-state index contributed by atoms with van der Waals surface area (Å²) in [6.45, 7) is -0.416. The summed E-state index contributed by atoms with van der Waals surface area (Å²) in [5.74, 6) is 0.00525. The minimum absolute atomic E-state index is 0.403. The van der Waals surface area contributed by atoms with Gasteiger partial charge < -0.3 is 19.5 Å². The van der Waals surface area contributed by atoms with E-state index in [-0.39, 0.29) is 0 Å². The first kappa shape index (κ1) is 19.3. The Labute approximate surface area is 156 Å². The highest BCUT2D eigenvalue weighted by molar-refractivity contribution is 6.33. The van der Waals surface area contributed by atoms with Crippen LogP contribution in [0.5, 0.6) is 11.5 Å². The predicted octanol–water partition coefficient (Wildman–Crippen LogP) is 3.55. The number of carbonyl (C=O) groups excluding carboxylic acids is 2. The molecule has 0 bridgehead atoms. The van der Waals surface area contributed by atoms with Crippen LogP contribution < -0.4 is 14.8 Å². The smallest absolute Gasteiger partial charge is 0.331 e. The monoisotopic (exact) mass is 375 g/mol. The zero-order chi connectivity index (χ0) is 18.9. The van der Waals surface area contributed by atoms with Crippen molar-refractivity contribution in [2.75, 3.05) is 26.1 Å². The summed E-state index contributed by atoms with van der Waals surface area (Å²) in [5.41, 5.74) is 1.18. The summed E-state index contributed by atoms with van der Waals surface area (Å²) < 4.78 is 15.2. The Morgan fingerprint density at radius 2 is 1.81 bits per heavy atom. The molecule has 26 heavy (non-hydrogen) atoms. The molecule has 0 saturated heterocycles. The standard InChI is InChI=1S/C19H18ClNO5/c1-24-16-9-7-13(11-17(16)25-2)8-10-19(23)26-12-18(22)21-15-6-4-3-5-14(15)20/h3-11H,12H2,1-2H3,(H,21,22). The van der Waals surface area contributed by atoms with E-state index in [0.717, 1.165) is 5.56 Å². The molecule has 2 aromatic rings. The maximum Gasteiger partial charge on any atom is 0.331 e. The Bertz CT molecular complexity index is 819. The van der Waals surface area contributed by atoms with Gasteiger partial charge in [-0.1, -0.05) is 29.8 Å². The lowest BCUT2D eigenvalue weighted by Gasteiger charge is -2.08. The molecule has 2 rings (SSSR count). The summed E-state index contributed by atoms with van der Waals surface area (Å²) >= 11 is 5.94. The minimum atomic E-state index is -0.644. The molecule has 0 aliphatic rings. The number of carbonyl (C=O) groups is 2. The maximum absolute atomic E-state index is 11.8. The number of anilines is 1. The summed E-state index contributed by atoms with van der Waals surface area (Å²) in [5, 5.41) is 2.97. The molecule has 6 nitrogen and oxygen atoms in total. The van der Waals surface area contributed by atoms with Gasteiger partial charge in [0.05, 0.1) is 24.9 Å². The molecule has 0 aromatic heterocycles. The molecular formula is C19H18ClNO5. The van der Waals surface area contributed by atoms with Crippen molar-refractivity contribution in [1.29, 1.82) is 0 Å². The molecule has 0 fully saturated rings. The molecule has 136 valence electrons. The fourth-order valence-corrected chi connectivity index (χ4v) is 2.24. The number of benzene rings is 2. The van der Waals surface area contributed by atoms with Gasteiger partial charge in [-0.3, -0.25) is 4.79 Å². The number of methoxy groups -OCH3 is 2. The van der Waals surface area contributed by atoms with E-state index in [1.165, 1.54) is 13.2 Å². The Morgan fingerprint density at radius 3 is 2.50 bits per heavy atom. The molecule has 0 radical (unpaired) electrons. The number of halogens is 1. The van der Waals surface area contributed by atoms with E-state index in [4.69, 9.17) is 25.8 Å². The quantitative estimate of drug-likeness (QED) is 0.591. The van der Waals surface area contributed by atoms with Crippen molar-refractivity contribution in [3.63, 3.8) is 0 Å². The first-order valence-corrected chi connectivity index (χ1v) is 8.02. The second-order valence-corrected chi connectivity index (χ2v) is 5.49. The van der Waals surface area contributed by atoms with Crippen LogP contribution >= 0.6 is 11.6 Å². The van der Waals surface area contributed by atoms with Gasteiger partial charge in [0.2, 0.25) is 0 Å². The number of para-hydroxylation sites is 1. The van der Waals surface area contributed by atoms with Gasteiger partial charge in [-0.05, 0) is 35.9 Å². The van der Waals surface area contributed by atoms with Crippen LogP contribution in [-0.2, 0) is 14.3 Å². The van der Waals surface area contributed by atoms with Gasteiger partial charge in [-0.25, -0.2) is 4.79 Å². The maximum atomic E-state index is 11.8. The Balaban J connectivity index is 1.87. The number of amides is 1. The topological polar surface area (TPSA) is 73.9 Å². The highest BCUT2D eigenvalue weighted by Gasteiger charge is 2.08. The number of ether oxygens (including phenoxy) is 3. The highest BCUT2D eigenvalue weighted by Crippen LogP contribution is 2.28. The number of hydrogen-bond donors (Lipinski definition) is 1. The van der Waals surface area contributed by atoms with Crippen molar-refractivity contribution in [2.45, 2.75) is 0 Å². The summed E-state index contributed by atoms with van der Waals surface area (Å²) in [7, 11) is 3.07. The molecule has 0 aliphatic heterocycles. The number of rotatable bonds is 7. The Kier molecular flexibility index (Phi) is 7.05. The average Bonchev–Trinajstić information content (AvgIpc) is 2.66. The predicted molar refractivity (Wildman–Crippen MR) is 99.6 cm³/mol. The van der Waals surface area contributed by atoms with Crippen molar-refractivity contribution < 1.29 is 23.8 Å². The van der Waals surface area contributed by atoms with E-state index >= 15 is 0 Å². The first-order valence-electron chi connectivity index (χ1n) is 7.64. The van der Waals surface area contributed by atoms with Crippen LogP contribution in [0.2, 0.25) is 5.02 Å². The van der Waals surface area contributed by atoms with Crippen molar-refractivity contribution in [2.24, 2.45) is 0 Å². The average molecular weight is 376 g/mol. The van der Waals surface area contributed by atoms with E-state index in [0.29, 0.717) is 22.2 Å². The Morgan fingerprint density at radius 1 is 1.08 bits per heavy atom. The molecule has 1 amide bonds. The molecule has 0 saturated carbocycles. The van der Waals surface area contributed by atoms with Crippen LogP contribution in [0.3, 0.4) is 0 Å². The van der Waals surface area contributed by atoms with E-state index in [1.54, 1.807) is 55.7 Å². The van der Waals surface area contributed by atoms with Crippen LogP contribution in [0.1, 0.15) is 5.56 Å². The van der Waals surface area contributed by atoms with Crippen molar-refractivity contribution in [1.82, 2.24) is 0 Å². The molecule has 0 aliphatic carbocycles. The van der Waals surface area contributed by atoms with Gasteiger partial charge >= 0.3 is 5.97 Å². The first-order chi connectivity index (χ1) is 12.5. The Hall–Kier alpha value is -2.99. The van der Waals surface area contributed by atoms with Crippen LogP contribution in [0.4, 0.5) is 5.69 Å². The molecule has 1 N–H and O–H groups in total. The molecule has 7 heteroatoms. The zero-order valence-corrected chi connectivity index (χ0v) is 15.1. The summed E-state index contributed by atoms with van der Waals surface area (Å²) in [6, 6.07) is 12.0. The zero-order valence-electron chi connectivity index (χ0n) is 14.3. The molecule has 2 aromatic carbocycles. The third-order valence-corrected chi connectivity index (χ3v) is 3.64. The molecule has 0 unspecified atom stereocenters. The van der Waals surface area contributed by atoms with Gasteiger partial charge in [0.15, 0.2) is 18.1 Å². The van der Waals surface area contributed by atoms with Gasteiger partial charge in [0.25, 0.3) is 5.91 Å². The van der Waals surface area contributed by atoms with E-state index in [9.17, 15) is 9.59 Å². The van der Waals surface area contributed by atoms with Crippen molar-refractivity contribution in [3.8, 4) is 11.5 Å². The van der Waals surface area contributed by atoms with Crippen molar-refractivity contribution in [3.05, 3.63) is 59.1 Å². The number of nitrogens with one attached hydrogen (secondary N) is 1. The van der Waals surface area contributed by atoms with Gasteiger partial charge in [0, 0.05) is 6.08 Å². The fraction of sp³-hybridized carbons (Fsp3) is 0.158. The molecule has 0 spiro atoms. The molecular weight excluding hydrogens is 358 g/mol. The minimum Gasteiger partial charge on any atom is -0.493 e. The summed E-state index contributed by atoms with van der Waals surface area (Å²) in [6.07, 6.45) is 2.78. The second-order valence-electron chi connectivity index (χ2n) is 5.08. The van der Waals surface area contributed by atoms with Crippen LogP contribution in [0.15, 0.2) is 48.5 Å². The number of esters is 1. The lowest BCUT2D eigenvalue weighted by molar-refractivity contribution is -0.142. The fourth-order valence-electron chi connectivity index (χ4n) is 2.05. The van der Waals surface area contributed by atoms with Gasteiger partial charge in [0.1, 0.15) is 0 Å². The van der Waals surface area contributed by atoms with E-state index in [1.807, 2.05) is 0 Å². The normalized spacial score (nSPS) is 10.4. The third kappa shape index (κ3) is 5.53. The van der Waals surface area contributed by atoms with Crippen LogP contribution in [-0.4, -0.2) is 32.7 Å². The van der Waals surface area contributed by atoms with Crippen LogP contribution in [0, 0.1) is 0 Å². The number of hydrogen-bond acceptors (Lipinski definition) is 5. The van der Waals surface area contributed by atoms with Crippen molar-refractivity contribution >= 4 is 35.2 Å².